The van der Waals surface area contributed by atoms with Crippen LogP contribution < -0.4 is 18.9 Å². The lowest BCUT2D eigenvalue weighted by Crippen LogP contribution is -2.36. The topological polar surface area (TPSA) is 62.9 Å². The van der Waals surface area contributed by atoms with Crippen molar-refractivity contribution in [2.24, 2.45) is 0 Å². The standard InChI is InChI=1S/C47H58N2O4S/c1-4-7-10-13-16-39-35-45(37-29-31-48(32-30-37)36-46(50)51)54-47(39)38-17-19-40(20-18-38)49(41-21-25-43(26-22-41)52-33-14-11-8-5-2)42-23-27-44(28-24-42)53-34-15-12-9-6-3/h17-32,35H,4-16,33-34,36H2,1-3H3/p+1. The number of hydrogen-bond donors (Lipinski definition) is 1. The second-order valence-corrected chi connectivity index (χ2v) is 15.2. The van der Waals surface area contributed by atoms with E-state index in [9.17, 15) is 9.90 Å². The number of nitrogens with zero attached hydrogens (tertiary/aromatic N) is 2. The van der Waals surface area contributed by atoms with Crippen molar-refractivity contribution >= 4 is 34.4 Å². The van der Waals surface area contributed by atoms with Crippen molar-refractivity contribution < 1.29 is 23.9 Å². The summed E-state index contributed by atoms with van der Waals surface area (Å²) in [5.74, 6) is 0.945. The summed E-state index contributed by atoms with van der Waals surface area (Å²) >= 11 is 1.81. The number of unbranched alkanes of at least 4 members (excludes halogenated alkanes) is 9. The van der Waals surface area contributed by atoms with E-state index in [0.29, 0.717) is 0 Å². The van der Waals surface area contributed by atoms with Gasteiger partial charge in [-0.2, -0.15) is 4.57 Å². The number of hydrogen-bond acceptors (Lipinski definition) is 5. The van der Waals surface area contributed by atoms with Gasteiger partial charge in [-0.05, 0) is 104 Å². The molecule has 0 atom stereocenters. The number of aliphatic carboxylic acids is 1. The first-order valence-electron chi connectivity index (χ1n) is 20.2. The normalized spacial score (nSPS) is 11.1. The van der Waals surface area contributed by atoms with Gasteiger partial charge in [0.05, 0.1) is 13.2 Å². The molecule has 7 heteroatoms. The lowest BCUT2D eigenvalue weighted by molar-refractivity contribution is -0.685. The first-order chi connectivity index (χ1) is 26.5. The summed E-state index contributed by atoms with van der Waals surface area (Å²) in [6, 6.07) is 32.2. The Balaban J connectivity index is 1.41. The van der Waals surface area contributed by atoms with Crippen LogP contribution in [0.5, 0.6) is 11.5 Å². The van der Waals surface area contributed by atoms with Gasteiger partial charge >= 0.3 is 5.97 Å². The number of carbonyl (C=O) groups is 1. The van der Waals surface area contributed by atoms with Gasteiger partial charge in [0.15, 0.2) is 12.4 Å². The van der Waals surface area contributed by atoms with E-state index in [1.807, 2.05) is 35.9 Å². The molecule has 6 nitrogen and oxygen atoms in total. The van der Waals surface area contributed by atoms with Crippen LogP contribution >= 0.6 is 11.3 Å². The number of rotatable bonds is 24. The molecule has 0 fully saturated rings. The number of benzene rings is 3. The zero-order valence-electron chi connectivity index (χ0n) is 32.6. The van der Waals surface area contributed by atoms with Crippen LogP contribution in [-0.4, -0.2) is 24.3 Å². The Hall–Kier alpha value is -4.62. The number of aryl methyl sites for hydroxylation is 1. The van der Waals surface area contributed by atoms with Crippen molar-refractivity contribution in [1.82, 2.24) is 0 Å². The first kappa shape index (κ1) is 40.6. The Morgan fingerprint density at radius 3 is 1.57 bits per heavy atom. The molecule has 54 heavy (non-hydrogen) atoms. The summed E-state index contributed by atoms with van der Waals surface area (Å²) in [5.41, 5.74) is 6.88. The average Bonchev–Trinajstić information content (AvgIpc) is 3.62. The van der Waals surface area contributed by atoms with Crippen LogP contribution in [-0.2, 0) is 17.8 Å². The highest BCUT2D eigenvalue weighted by molar-refractivity contribution is 7.19. The van der Waals surface area contributed by atoms with Crippen molar-refractivity contribution in [1.29, 1.82) is 0 Å². The third-order valence-corrected chi connectivity index (χ3v) is 11.0. The van der Waals surface area contributed by atoms with E-state index in [1.165, 1.54) is 78.7 Å². The number of carboxylic acid groups (broad SMARTS) is 1. The van der Waals surface area contributed by atoms with E-state index in [1.54, 1.807) is 4.57 Å². The molecule has 0 bridgehead atoms. The Labute approximate surface area is 327 Å². The summed E-state index contributed by atoms with van der Waals surface area (Å²) in [6.07, 6.45) is 19.1. The van der Waals surface area contributed by atoms with Gasteiger partial charge in [-0.1, -0.05) is 90.7 Å². The summed E-state index contributed by atoms with van der Waals surface area (Å²) in [7, 11) is 0. The predicted molar refractivity (Wildman–Crippen MR) is 225 cm³/mol. The molecule has 5 aromatic rings. The maximum Gasteiger partial charge on any atom is 0.370 e. The minimum atomic E-state index is -0.846. The summed E-state index contributed by atoms with van der Waals surface area (Å²) in [5, 5.41) is 9.21. The lowest BCUT2D eigenvalue weighted by atomic mass is 10.0. The second kappa shape index (κ2) is 21.9. The molecule has 2 aromatic heterocycles. The number of pyridine rings is 1. The van der Waals surface area contributed by atoms with E-state index in [0.717, 1.165) is 73.0 Å². The fourth-order valence-electron chi connectivity index (χ4n) is 6.66. The zero-order valence-corrected chi connectivity index (χ0v) is 33.4. The van der Waals surface area contributed by atoms with Crippen molar-refractivity contribution in [2.75, 3.05) is 18.1 Å². The molecule has 0 unspecified atom stereocenters. The molecule has 2 heterocycles. The largest absolute Gasteiger partial charge is 0.494 e. The van der Waals surface area contributed by atoms with Crippen LogP contribution in [0.3, 0.4) is 0 Å². The summed E-state index contributed by atoms with van der Waals surface area (Å²) in [6.45, 7) is 8.14. The molecular formula is C47H59N2O4S+. The van der Waals surface area contributed by atoms with Crippen LogP contribution in [0.25, 0.3) is 20.9 Å². The molecule has 286 valence electrons. The number of ether oxygens (including phenoxy) is 2. The van der Waals surface area contributed by atoms with Gasteiger partial charge in [-0.25, -0.2) is 4.79 Å². The Bertz CT molecular complexity index is 1760. The highest BCUT2D eigenvalue weighted by atomic mass is 32.1. The quantitative estimate of drug-likeness (QED) is 0.0503. The van der Waals surface area contributed by atoms with Crippen LogP contribution in [0.15, 0.2) is 103 Å². The second-order valence-electron chi connectivity index (χ2n) is 14.1. The Morgan fingerprint density at radius 1 is 0.611 bits per heavy atom. The highest BCUT2D eigenvalue weighted by Gasteiger charge is 2.17. The molecule has 1 N–H and O–H groups in total. The van der Waals surface area contributed by atoms with E-state index < -0.39 is 5.97 Å². The van der Waals surface area contributed by atoms with Crippen LogP contribution in [0, 0.1) is 0 Å². The van der Waals surface area contributed by atoms with Gasteiger partial charge < -0.3 is 19.5 Å². The van der Waals surface area contributed by atoms with Crippen molar-refractivity contribution in [3.63, 3.8) is 0 Å². The average molecular weight is 748 g/mol. The van der Waals surface area contributed by atoms with Gasteiger partial charge in [-0.3, -0.25) is 0 Å². The number of carboxylic acids is 1. The Kier molecular flexibility index (Phi) is 16.5. The molecule has 0 aliphatic heterocycles. The van der Waals surface area contributed by atoms with Crippen molar-refractivity contribution in [3.05, 3.63) is 109 Å². The maximum absolute atomic E-state index is 11.2. The van der Waals surface area contributed by atoms with Gasteiger partial charge in [0, 0.05) is 44.5 Å². The molecule has 0 aliphatic carbocycles. The van der Waals surface area contributed by atoms with Gasteiger partial charge in [0.2, 0.25) is 6.54 Å². The molecular weight excluding hydrogens is 689 g/mol. The lowest BCUT2D eigenvalue weighted by Gasteiger charge is -2.26. The molecule has 5 rings (SSSR count). The summed E-state index contributed by atoms with van der Waals surface area (Å²) in [4.78, 5) is 16.0. The van der Waals surface area contributed by atoms with E-state index >= 15 is 0 Å². The third kappa shape index (κ3) is 12.2. The monoisotopic (exact) mass is 747 g/mol. The minimum absolute atomic E-state index is 0.0455. The van der Waals surface area contributed by atoms with E-state index in [4.69, 9.17) is 9.47 Å². The smallest absolute Gasteiger partial charge is 0.370 e. The minimum Gasteiger partial charge on any atom is -0.494 e. The van der Waals surface area contributed by atoms with Crippen LogP contribution in [0.4, 0.5) is 17.1 Å². The first-order valence-corrected chi connectivity index (χ1v) is 21.0. The van der Waals surface area contributed by atoms with Gasteiger partial charge in [-0.15, -0.1) is 11.3 Å². The van der Waals surface area contributed by atoms with Crippen molar-refractivity contribution in [3.8, 4) is 32.4 Å². The van der Waals surface area contributed by atoms with Crippen LogP contribution in [0.2, 0.25) is 0 Å². The third-order valence-electron chi connectivity index (χ3n) is 9.71. The highest BCUT2D eigenvalue weighted by Crippen LogP contribution is 2.41. The summed E-state index contributed by atoms with van der Waals surface area (Å²) < 4.78 is 13.9. The number of anilines is 3. The SMILES string of the molecule is CCCCCCOc1ccc(N(c2ccc(OCCCCCC)cc2)c2ccc(-c3sc(-c4cc[n+](CC(=O)O)cc4)cc3CCCCCC)cc2)cc1. The molecule has 0 saturated carbocycles. The molecule has 0 radical (unpaired) electrons. The number of thiophene rings is 1. The molecule has 3 aromatic carbocycles. The molecule has 0 amide bonds. The number of aromatic nitrogens is 1. The Morgan fingerprint density at radius 2 is 1.09 bits per heavy atom. The fourth-order valence-corrected chi connectivity index (χ4v) is 7.88. The zero-order chi connectivity index (χ0) is 38.0. The predicted octanol–water partition coefficient (Wildman–Crippen LogP) is 13.0. The van der Waals surface area contributed by atoms with E-state index in [-0.39, 0.29) is 6.54 Å². The van der Waals surface area contributed by atoms with Crippen LogP contribution in [0.1, 0.15) is 103 Å². The van der Waals surface area contributed by atoms with Crippen molar-refractivity contribution in [2.45, 2.75) is 111 Å². The molecule has 0 aliphatic rings. The van der Waals surface area contributed by atoms with Gasteiger partial charge in [0.1, 0.15) is 11.5 Å². The fraction of sp³-hybridized carbons (Fsp3) is 0.404. The molecule has 0 saturated heterocycles. The van der Waals surface area contributed by atoms with Gasteiger partial charge in [0.25, 0.3) is 0 Å². The molecule has 0 spiro atoms. The van der Waals surface area contributed by atoms with E-state index in [2.05, 4.69) is 105 Å². The maximum atomic E-state index is 11.2.